The summed E-state index contributed by atoms with van der Waals surface area (Å²) >= 11 is 0. The number of rotatable bonds is 3. The summed E-state index contributed by atoms with van der Waals surface area (Å²) in [6.45, 7) is 8.19. The predicted octanol–water partition coefficient (Wildman–Crippen LogP) is 2.31. The van der Waals surface area contributed by atoms with Crippen LogP contribution in [0.25, 0.3) is 0 Å². The Morgan fingerprint density at radius 1 is 0.828 bits per heavy atom. The molecule has 0 radical (unpaired) electrons. The molecule has 6 heteroatoms. The molecule has 3 fully saturated rings. The summed E-state index contributed by atoms with van der Waals surface area (Å²) in [7, 11) is 0. The maximum atomic E-state index is 13.0. The van der Waals surface area contributed by atoms with Crippen molar-refractivity contribution in [3.8, 4) is 0 Å². The van der Waals surface area contributed by atoms with E-state index in [2.05, 4.69) is 36.1 Å². The summed E-state index contributed by atoms with van der Waals surface area (Å²) in [6.07, 6.45) is 3.38. The van der Waals surface area contributed by atoms with Gasteiger partial charge >= 0.3 is 0 Å². The zero-order chi connectivity index (χ0) is 20.2. The summed E-state index contributed by atoms with van der Waals surface area (Å²) in [5.74, 6) is 0.752. The smallest absolute Gasteiger partial charge is 0.225 e. The van der Waals surface area contributed by atoms with Crippen molar-refractivity contribution < 1.29 is 14.3 Å². The van der Waals surface area contributed by atoms with Crippen molar-refractivity contribution in [1.29, 1.82) is 0 Å². The Labute approximate surface area is 173 Å². The van der Waals surface area contributed by atoms with E-state index < -0.39 is 0 Å². The van der Waals surface area contributed by atoms with E-state index in [1.807, 2.05) is 9.80 Å². The largest absolute Gasteiger partial charge is 0.378 e. The fraction of sp³-hybridized carbons (Fsp3) is 0.652. The van der Waals surface area contributed by atoms with Crippen LogP contribution in [0.3, 0.4) is 0 Å². The van der Waals surface area contributed by atoms with Gasteiger partial charge in [0.1, 0.15) is 0 Å². The minimum absolute atomic E-state index is 0.0919. The molecule has 0 spiro atoms. The number of benzene rings is 1. The molecule has 1 saturated carbocycles. The van der Waals surface area contributed by atoms with Gasteiger partial charge in [-0.25, -0.2) is 0 Å². The highest BCUT2D eigenvalue weighted by Crippen LogP contribution is 2.32. The van der Waals surface area contributed by atoms with Gasteiger partial charge in [0.05, 0.1) is 13.2 Å². The van der Waals surface area contributed by atoms with Crippen molar-refractivity contribution in [2.75, 3.05) is 57.4 Å². The van der Waals surface area contributed by atoms with Gasteiger partial charge in [-0.2, -0.15) is 0 Å². The summed E-state index contributed by atoms with van der Waals surface area (Å²) in [6, 6.07) is 8.57. The molecular weight excluding hydrogens is 366 g/mol. The van der Waals surface area contributed by atoms with Crippen LogP contribution in [0.4, 0.5) is 5.69 Å². The maximum absolute atomic E-state index is 13.0. The molecule has 0 unspecified atom stereocenters. The van der Waals surface area contributed by atoms with Gasteiger partial charge in [0.25, 0.3) is 0 Å². The molecule has 2 aliphatic heterocycles. The molecule has 6 nitrogen and oxygen atoms in total. The first-order valence-corrected chi connectivity index (χ1v) is 11.1. The Morgan fingerprint density at radius 3 is 1.93 bits per heavy atom. The van der Waals surface area contributed by atoms with E-state index in [0.717, 1.165) is 51.9 Å². The molecule has 2 saturated heterocycles. The van der Waals surface area contributed by atoms with Crippen LogP contribution >= 0.6 is 0 Å². The molecule has 4 rings (SSSR count). The zero-order valence-corrected chi connectivity index (χ0v) is 17.5. The first kappa shape index (κ1) is 20.2. The van der Waals surface area contributed by atoms with E-state index in [9.17, 15) is 9.59 Å². The van der Waals surface area contributed by atoms with Crippen LogP contribution in [-0.4, -0.2) is 74.1 Å². The summed E-state index contributed by atoms with van der Waals surface area (Å²) in [4.78, 5) is 32.1. The fourth-order valence-electron chi connectivity index (χ4n) is 4.90. The minimum atomic E-state index is 0.0919. The molecule has 3 aliphatic rings. The number of hydrogen-bond acceptors (Lipinski definition) is 4. The predicted molar refractivity (Wildman–Crippen MR) is 113 cm³/mol. The SMILES string of the molecule is Cc1cccc(N2CCN(C(=O)C3CCC(C(=O)N4CCOCC4)CC3)CC2)c1. The Bertz CT molecular complexity index is 716. The van der Waals surface area contributed by atoms with Crippen molar-refractivity contribution in [2.45, 2.75) is 32.6 Å². The molecule has 0 N–H and O–H groups in total. The number of anilines is 1. The van der Waals surface area contributed by atoms with Crippen LogP contribution in [0, 0.1) is 18.8 Å². The molecule has 2 heterocycles. The Hall–Kier alpha value is -2.08. The van der Waals surface area contributed by atoms with Crippen LogP contribution in [0.5, 0.6) is 0 Å². The van der Waals surface area contributed by atoms with Crippen molar-refractivity contribution in [1.82, 2.24) is 9.80 Å². The number of ether oxygens (including phenoxy) is 1. The molecule has 0 aromatic heterocycles. The van der Waals surface area contributed by atoms with Crippen LogP contribution in [0.2, 0.25) is 0 Å². The maximum Gasteiger partial charge on any atom is 0.225 e. The number of hydrogen-bond donors (Lipinski definition) is 0. The van der Waals surface area contributed by atoms with E-state index >= 15 is 0 Å². The van der Waals surface area contributed by atoms with Gasteiger partial charge in [-0.3, -0.25) is 9.59 Å². The quantitative estimate of drug-likeness (QED) is 0.783. The molecule has 0 bridgehead atoms. The van der Waals surface area contributed by atoms with E-state index in [4.69, 9.17) is 4.74 Å². The molecule has 1 aromatic rings. The fourth-order valence-corrected chi connectivity index (χ4v) is 4.90. The van der Waals surface area contributed by atoms with E-state index in [1.165, 1.54) is 11.3 Å². The first-order valence-electron chi connectivity index (χ1n) is 11.1. The lowest BCUT2D eigenvalue weighted by atomic mass is 9.80. The Balaban J connectivity index is 1.24. The van der Waals surface area contributed by atoms with Gasteiger partial charge < -0.3 is 19.4 Å². The number of piperazine rings is 1. The summed E-state index contributed by atoms with van der Waals surface area (Å²) < 4.78 is 5.35. The normalized spacial score (nSPS) is 25.8. The molecule has 29 heavy (non-hydrogen) atoms. The second kappa shape index (κ2) is 9.16. The molecular formula is C23H33N3O3. The van der Waals surface area contributed by atoms with E-state index in [0.29, 0.717) is 32.2 Å². The lowest BCUT2D eigenvalue weighted by molar-refractivity contribution is -0.144. The van der Waals surface area contributed by atoms with Gasteiger partial charge in [0, 0.05) is 56.8 Å². The second-order valence-electron chi connectivity index (χ2n) is 8.64. The summed E-state index contributed by atoms with van der Waals surface area (Å²) in [5, 5.41) is 0. The molecule has 1 aliphatic carbocycles. The molecule has 2 amide bonds. The highest BCUT2D eigenvalue weighted by molar-refractivity contribution is 5.81. The third-order valence-corrected chi connectivity index (χ3v) is 6.71. The average Bonchev–Trinajstić information content (AvgIpc) is 2.79. The molecule has 158 valence electrons. The van der Waals surface area contributed by atoms with Gasteiger partial charge in [0.2, 0.25) is 11.8 Å². The topological polar surface area (TPSA) is 53.1 Å². The lowest BCUT2D eigenvalue weighted by Crippen LogP contribution is -2.51. The number of aryl methyl sites for hydroxylation is 1. The molecule has 1 aromatic carbocycles. The second-order valence-corrected chi connectivity index (χ2v) is 8.64. The van der Waals surface area contributed by atoms with Crippen LogP contribution < -0.4 is 4.90 Å². The van der Waals surface area contributed by atoms with E-state index in [-0.39, 0.29) is 17.7 Å². The summed E-state index contributed by atoms with van der Waals surface area (Å²) in [5.41, 5.74) is 2.52. The monoisotopic (exact) mass is 399 g/mol. The van der Waals surface area contributed by atoms with Crippen LogP contribution in [-0.2, 0) is 14.3 Å². The third-order valence-electron chi connectivity index (χ3n) is 6.71. The van der Waals surface area contributed by atoms with Crippen molar-refractivity contribution in [3.63, 3.8) is 0 Å². The van der Waals surface area contributed by atoms with Gasteiger partial charge in [-0.1, -0.05) is 12.1 Å². The number of morpholine rings is 1. The molecule has 0 atom stereocenters. The van der Waals surface area contributed by atoms with E-state index in [1.54, 1.807) is 0 Å². The minimum Gasteiger partial charge on any atom is -0.378 e. The highest BCUT2D eigenvalue weighted by atomic mass is 16.5. The zero-order valence-electron chi connectivity index (χ0n) is 17.5. The van der Waals surface area contributed by atoms with Crippen molar-refractivity contribution >= 4 is 17.5 Å². The Morgan fingerprint density at radius 2 is 1.38 bits per heavy atom. The highest BCUT2D eigenvalue weighted by Gasteiger charge is 2.35. The number of amides is 2. The van der Waals surface area contributed by atoms with Crippen molar-refractivity contribution in [2.24, 2.45) is 11.8 Å². The number of carbonyl (C=O) groups is 2. The average molecular weight is 400 g/mol. The first-order chi connectivity index (χ1) is 14.1. The Kier molecular flexibility index (Phi) is 6.38. The lowest BCUT2D eigenvalue weighted by Gasteiger charge is -2.39. The number of carbonyl (C=O) groups excluding carboxylic acids is 2. The standard InChI is InChI=1S/C23H33N3O3/c1-18-3-2-4-21(17-18)24-9-11-25(12-10-24)22(27)19-5-7-20(8-6-19)23(28)26-13-15-29-16-14-26/h2-4,17,19-20H,5-16H2,1H3. The van der Waals surface area contributed by atoms with Crippen LogP contribution in [0.15, 0.2) is 24.3 Å². The van der Waals surface area contributed by atoms with Crippen molar-refractivity contribution in [3.05, 3.63) is 29.8 Å². The third kappa shape index (κ3) is 4.74. The van der Waals surface area contributed by atoms with Gasteiger partial charge in [0.15, 0.2) is 0 Å². The number of nitrogens with zero attached hydrogens (tertiary/aromatic N) is 3. The van der Waals surface area contributed by atoms with Crippen LogP contribution in [0.1, 0.15) is 31.2 Å². The van der Waals surface area contributed by atoms with Gasteiger partial charge in [-0.15, -0.1) is 0 Å². The van der Waals surface area contributed by atoms with Gasteiger partial charge in [-0.05, 0) is 50.3 Å².